The molecular weight excluding hydrogens is 269 g/mol. The van der Waals surface area contributed by atoms with E-state index in [4.69, 9.17) is 4.74 Å². The number of hydrogen-bond acceptors (Lipinski definition) is 4. The molecule has 0 unspecified atom stereocenters. The maximum absolute atomic E-state index is 13.8. The summed E-state index contributed by atoms with van der Waals surface area (Å²) < 4.78 is 19.3. The Balaban J connectivity index is 1.95. The van der Waals surface area contributed by atoms with Crippen molar-refractivity contribution in [1.82, 2.24) is 9.97 Å². The van der Waals surface area contributed by atoms with Gasteiger partial charge < -0.3 is 10.1 Å². The van der Waals surface area contributed by atoms with E-state index in [9.17, 15) is 4.39 Å². The van der Waals surface area contributed by atoms with Crippen molar-refractivity contribution in [2.45, 2.75) is 26.4 Å². The topological polar surface area (TPSA) is 47.0 Å². The van der Waals surface area contributed by atoms with E-state index in [1.54, 1.807) is 12.1 Å². The number of benzene rings is 1. The van der Waals surface area contributed by atoms with E-state index in [-0.39, 0.29) is 5.82 Å². The maximum Gasteiger partial charge on any atom is 0.135 e. The van der Waals surface area contributed by atoms with Crippen LogP contribution in [0.2, 0.25) is 0 Å². The summed E-state index contributed by atoms with van der Waals surface area (Å²) in [7, 11) is 0. The predicted molar refractivity (Wildman–Crippen MR) is 78.8 cm³/mol. The Hall–Kier alpha value is -2.01. The minimum atomic E-state index is -0.216. The van der Waals surface area contributed by atoms with Crippen LogP contribution in [0, 0.1) is 5.82 Å². The predicted octanol–water partition coefficient (Wildman–Crippen LogP) is 2.71. The van der Waals surface area contributed by atoms with Crippen LogP contribution in [0.4, 0.5) is 10.2 Å². The van der Waals surface area contributed by atoms with Crippen LogP contribution in [-0.4, -0.2) is 23.1 Å². The monoisotopic (exact) mass is 287 g/mol. The molecule has 0 amide bonds. The molecular formula is C16H18FN3O. The number of halogens is 1. The van der Waals surface area contributed by atoms with Crippen molar-refractivity contribution in [1.29, 1.82) is 0 Å². The van der Waals surface area contributed by atoms with Gasteiger partial charge in [-0.15, -0.1) is 0 Å². The summed E-state index contributed by atoms with van der Waals surface area (Å²) >= 11 is 0. The van der Waals surface area contributed by atoms with Gasteiger partial charge in [-0.3, -0.25) is 0 Å². The Morgan fingerprint density at radius 3 is 2.95 bits per heavy atom. The summed E-state index contributed by atoms with van der Waals surface area (Å²) in [6.45, 7) is 4.02. The fourth-order valence-electron chi connectivity index (χ4n) is 2.49. The molecule has 21 heavy (non-hydrogen) atoms. The normalized spacial score (nSPS) is 13.8. The van der Waals surface area contributed by atoms with Crippen LogP contribution in [0.25, 0.3) is 0 Å². The van der Waals surface area contributed by atoms with Crippen LogP contribution in [0.5, 0.6) is 0 Å². The second-order valence-corrected chi connectivity index (χ2v) is 5.01. The average molecular weight is 287 g/mol. The van der Waals surface area contributed by atoms with Gasteiger partial charge in [0.25, 0.3) is 0 Å². The zero-order valence-electron chi connectivity index (χ0n) is 12.0. The lowest BCUT2D eigenvalue weighted by Gasteiger charge is -2.20. The molecule has 0 aliphatic carbocycles. The van der Waals surface area contributed by atoms with Crippen molar-refractivity contribution >= 4 is 5.82 Å². The number of nitrogens with zero attached hydrogens (tertiary/aromatic N) is 2. The third-order valence-corrected chi connectivity index (χ3v) is 3.52. The lowest BCUT2D eigenvalue weighted by atomic mass is 10.1. The van der Waals surface area contributed by atoms with Crippen LogP contribution >= 0.6 is 0 Å². The standard InChI is InChI=1S/C16H18FN3O/c1-2-18-16-12-10-21-8-7-14(12)19-15(20-16)9-11-5-3-4-6-13(11)17/h3-6H,2,7-10H2,1H3,(H,18,19,20). The van der Waals surface area contributed by atoms with Gasteiger partial charge in [0.05, 0.1) is 18.9 Å². The van der Waals surface area contributed by atoms with Crippen molar-refractivity contribution in [3.05, 3.63) is 52.7 Å². The molecule has 110 valence electrons. The second-order valence-electron chi connectivity index (χ2n) is 5.01. The van der Waals surface area contributed by atoms with E-state index in [2.05, 4.69) is 15.3 Å². The average Bonchev–Trinajstić information content (AvgIpc) is 2.50. The Labute approximate surface area is 123 Å². The van der Waals surface area contributed by atoms with Crippen molar-refractivity contribution in [3.8, 4) is 0 Å². The van der Waals surface area contributed by atoms with Gasteiger partial charge in [0.2, 0.25) is 0 Å². The summed E-state index contributed by atoms with van der Waals surface area (Å²) in [5, 5.41) is 3.25. The fourth-order valence-corrected chi connectivity index (χ4v) is 2.49. The molecule has 0 spiro atoms. The van der Waals surface area contributed by atoms with Crippen molar-refractivity contribution in [3.63, 3.8) is 0 Å². The summed E-state index contributed by atoms with van der Waals surface area (Å²) in [5.41, 5.74) is 2.66. The number of ether oxygens (including phenoxy) is 1. The van der Waals surface area contributed by atoms with E-state index >= 15 is 0 Å². The largest absolute Gasteiger partial charge is 0.376 e. The van der Waals surface area contributed by atoms with E-state index < -0.39 is 0 Å². The molecule has 1 aliphatic heterocycles. The lowest BCUT2D eigenvalue weighted by molar-refractivity contribution is 0.109. The van der Waals surface area contributed by atoms with Crippen molar-refractivity contribution in [2.75, 3.05) is 18.5 Å². The highest BCUT2D eigenvalue weighted by Gasteiger charge is 2.18. The highest BCUT2D eigenvalue weighted by atomic mass is 19.1. The highest BCUT2D eigenvalue weighted by molar-refractivity contribution is 5.47. The molecule has 1 aliphatic rings. The molecule has 1 aromatic heterocycles. The minimum Gasteiger partial charge on any atom is -0.376 e. The Bertz CT molecular complexity index is 645. The Morgan fingerprint density at radius 2 is 2.14 bits per heavy atom. The molecule has 1 aromatic carbocycles. The Morgan fingerprint density at radius 1 is 1.29 bits per heavy atom. The minimum absolute atomic E-state index is 0.216. The van der Waals surface area contributed by atoms with Gasteiger partial charge in [-0.1, -0.05) is 18.2 Å². The third-order valence-electron chi connectivity index (χ3n) is 3.52. The molecule has 2 heterocycles. The zero-order valence-corrected chi connectivity index (χ0v) is 12.0. The number of anilines is 1. The number of fused-ring (bicyclic) bond motifs is 1. The van der Waals surface area contributed by atoms with E-state index in [0.29, 0.717) is 31.0 Å². The lowest BCUT2D eigenvalue weighted by Crippen LogP contribution is -2.18. The number of hydrogen-bond donors (Lipinski definition) is 1. The zero-order chi connectivity index (χ0) is 14.7. The molecule has 0 atom stereocenters. The van der Waals surface area contributed by atoms with Gasteiger partial charge >= 0.3 is 0 Å². The number of rotatable bonds is 4. The van der Waals surface area contributed by atoms with Crippen LogP contribution in [0.1, 0.15) is 29.6 Å². The summed E-state index contributed by atoms with van der Waals surface area (Å²) in [6.07, 6.45) is 1.18. The molecule has 0 bridgehead atoms. The van der Waals surface area contributed by atoms with Crippen LogP contribution in [-0.2, 0) is 24.2 Å². The second kappa shape index (κ2) is 6.18. The first-order valence-electron chi connectivity index (χ1n) is 7.21. The van der Waals surface area contributed by atoms with Gasteiger partial charge in [0, 0.05) is 24.9 Å². The van der Waals surface area contributed by atoms with Gasteiger partial charge in [-0.2, -0.15) is 0 Å². The molecule has 0 fully saturated rings. The quantitative estimate of drug-likeness (QED) is 0.939. The molecule has 0 saturated heterocycles. The van der Waals surface area contributed by atoms with Crippen LogP contribution < -0.4 is 5.32 Å². The highest BCUT2D eigenvalue weighted by Crippen LogP contribution is 2.23. The summed E-state index contributed by atoms with van der Waals surface area (Å²) in [4.78, 5) is 9.14. The molecule has 5 heteroatoms. The fraction of sp³-hybridized carbons (Fsp3) is 0.375. The summed E-state index contributed by atoms with van der Waals surface area (Å²) in [5.74, 6) is 1.25. The first-order chi connectivity index (χ1) is 10.3. The third kappa shape index (κ3) is 3.03. The van der Waals surface area contributed by atoms with Crippen molar-refractivity contribution in [2.24, 2.45) is 0 Å². The van der Waals surface area contributed by atoms with Gasteiger partial charge in [0.15, 0.2) is 0 Å². The molecule has 0 saturated carbocycles. The van der Waals surface area contributed by atoms with E-state index in [0.717, 1.165) is 30.0 Å². The molecule has 2 aromatic rings. The summed E-state index contributed by atoms with van der Waals surface area (Å²) in [6, 6.07) is 6.75. The smallest absolute Gasteiger partial charge is 0.135 e. The SMILES string of the molecule is CCNc1nc(Cc2ccccc2F)nc2c1COCC2. The Kier molecular flexibility index (Phi) is 4.10. The van der Waals surface area contributed by atoms with E-state index in [1.807, 2.05) is 13.0 Å². The number of aromatic nitrogens is 2. The molecule has 3 rings (SSSR count). The molecule has 0 radical (unpaired) electrons. The maximum atomic E-state index is 13.8. The first kappa shape index (κ1) is 13.9. The van der Waals surface area contributed by atoms with Gasteiger partial charge in [-0.25, -0.2) is 14.4 Å². The van der Waals surface area contributed by atoms with Crippen LogP contribution in [0.3, 0.4) is 0 Å². The molecule has 1 N–H and O–H groups in total. The first-order valence-corrected chi connectivity index (χ1v) is 7.21. The van der Waals surface area contributed by atoms with E-state index in [1.165, 1.54) is 6.07 Å². The van der Waals surface area contributed by atoms with Gasteiger partial charge in [-0.05, 0) is 18.6 Å². The van der Waals surface area contributed by atoms with Crippen molar-refractivity contribution < 1.29 is 9.13 Å². The molecule has 4 nitrogen and oxygen atoms in total. The number of nitrogens with one attached hydrogen (secondary N) is 1. The van der Waals surface area contributed by atoms with Crippen LogP contribution in [0.15, 0.2) is 24.3 Å². The van der Waals surface area contributed by atoms with Gasteiger partial charge in [0.1, 0.15) is 17.5 Å².